The Kier molecular flexibility index (Phi) is 4.92. The molecule has 0 atom stereocenters. The maximum Gasteiger partial charge on any atom is 0.341 e. The number of hydrogen-bond acceptors (Lipinski definition) is 4. The van der Waals surface area contributed by atoms with E-state index in [0.29, 0.717) is 11.3 Å². The van der Waals surface area contributed by atoms with E-state index < -0.39 is 5.97 Å². The van der Waals surface area contributed by atoms with E-state index in [-0.39, 0.29) is 18.6 Å². The monoisotopic (exact) mass is 264 g/mol. The molecule has 0 unspecified atom stereocenters. The van der Waals surface area contributed by atoms with E-state index in [4.69, 9.17) is 10.5 Å². The van der Waals surface area contributed by atoms with Crippen LogP contribution in [0.1, 0.15) is 29.8 Å². The number of benzene rings is 1. The van der Waals surface area contributed by atoms with Gasteiger partial charge in [-0.3, -0.25) is 4.79 Å². The van der Waals surface area contributed by atoms with Crippen LogP contribution in [0.15, 0.2) is 18.2 Å². The maximum absolute atomic E-state index is 11.9. The Morgan fingerprint density at radius 2 is 2.00 bits per heavy atom. The molecule has 0 aliphatic heterocycles. The van der Waals surface area contributed by atoms with Crippen molar-refractivity contribution in [2.45, 2.75) is 26.8 Å². The SMILES string of the molecule is Cc1cccc(N)c1C(=O)OCC(=O)N(C)C(C)C. The summed E-state index contributed by atoms with van der Waals surface area (Å²) in [5.74, 6) is -0.809. The van der Waals surface area contributed by atoms with E-state index in [1.165, 1.54) is 4.90 Å². The van der Waals surface area contributed by atoms with E-state index in [2.05, 4.69) is 0 Å². The van der Waals surface area contributed by atoms with Gasteiger partial charge in [-0.2, -0.15) is 0 Å². The second-order valence-electron chi connectivity index (χ2n) is 4.71. The van der Waals surface area contributed by atoms with Gasteiger partial charge < -0.3 is 15.4 Å². The lowest BCUT2D eigenvalue weighted by atomic mass is 10.1. The summed E-state index contributed by atoms with van der Waals surface area (Å²) >= 11 is 0. The average Bonchev–Trinajstić information content (AvgIpc) is 2.34. The first-order chi connectivity index (χ1) is 8.84. The zero-order chi connectivity index (χ0) is 14.6. The van der Waals surface area contributed by atoms with Gasteiger partial charge in [0.1, 0.15) is 0 Å². The number of anilines is 1. The summed E-state index contributed by atoms with van der Waals surface area (Å²) < 4.78 is 5.01. The number of nitrogen functional groups attached to an aromatic ring is 1. The van der Waals surface area contributed by atoms with Gasteiger partial charge in [0, 0.05) is 18.8 Å². The van der Waals surface area contributed by atoms with Gasteiger partial charge in [-0.15, -0.1) is 0 Å². The van der Waals surface area contributed by atoms with E-state index >= 15 is 0 Å². The number of nitrogens with zero attached hydrogens (tertiary/aromatic N) is 1. The number of carbonyl (C=O) groups excluding carboxylic acids is 2. The molecule has 1 aromatic carbocycles. The van der Waals surface area contributed by atoms with Gasteiger partial charge in [0.2, 0.25) is 0 Å². The van der Waals surface area contributed by atoms with Crippen LogP contribution in [0.4, 0.5) is 5.69 Å². The summed E-state index contributed by atoms with van der Waals surface area (Å²) in [6.07, 6.45) is 0. The minimum atomic E-state index is -0.568. The summed E-state index contributed by atoms with van der Waals surface area (Å²) in [7, 11) is 1.67. The van der Waals surface area contributed by atoms with Crippen molar-refractivity contribution in [3.8, 4) is 0 Å². The van der Waals surface area contributed by atoms with Crippen molar-refractivity contribution < 1.29 is 14.3 Å². The van der Waals surface area contributed by atoms with Crippen LogP contribution < -0.4 is 5.73 Å². The highest BCUT2D eigenvalue weighted by Gasteiger charge is 2.18. The highest BCUT2D eigenvalue weighted by atomic mass is 16.5. The Morgan fingerprint density at radius 3 is 2.53 bits per heavy atom. The number of hydrogen-bond donors (Lipinski definition) is 1. The first kappa shape index (κ1) is 15.0. The second kappa shape index (κ2) is 6.22. The third-order valence-electron chi connectivity index (χ3n) is 3.00. The number of nitrogens with two attached hydrogens (primary N) is 1. The molecule has 0 bridgehead atoms. The number of esters is 1. The molecule has 5 heteroatoms. The zero-order valence-corrected chi connectivity index (χ0v) is 11.8. The zero-order valence-electron chi connectivity index (χ0n) is 11.8. The quantitative estimate of drug-likeness (QED) is 0.662. The van der Waals surface area contributed by atoms with Crippen molar-refractivity contribution in [3.05, 3.63) is 29.3 Å². The molecule has 2 N–H and O–H groups in total. The number of aryl methyl sites for hydroxylation is 1. The highest BCUT2D eigenvalue weighted by Crippen LogP contribution is 2.17. The smallest absolute Gasteiger partial charge is 0.341 e. The maximum atomic E-state index is 11.9. The molecule has 104 valence electrons. The Hall–Kier alpha value is -2.04. The molecule has 0 aliphatic rings. The molecule has 1 aromatic rings. The van der Waals surface area contributed by atoms with Crippen LogP contribution >= 0.6 is 0 Å². The lowest BCUT2D eigenvalue weighted by Crippen LogP contribution is -2.36. The molecule has 0 heterocycles. The topological polar surface area (TPSA) is 72.6 Å². The predicted octanol–water partition coefficient (Wildman–Crippen LogP) is 1.60. The third kappa shape index (κ3) is 3.71. The van der Waals surface area contributed by atoms with E-state index in [9.17, 15) is 9.59 Å². The van der Waals surface area contributed by atoms with Crippen molar-refractivity contribution in [1.29, 1.82) is 0 Å². The van der Waals surface area contributed by atoms with E-state index in [0.717, 1.165) is 5.56 Å². The molecule has 5 nitrogen and oxygen atoms in total. The summed E-state index contributed by atoms with van der Waals surface area (Å²) in [5.41, 5.74) is 7.15. The standard InChI is InChI=1S/C14H20N2O3/c1-9(2)16(4)12(17)8-19-14(18)13-10(3)6-5-7-11(13)15/h5-7,9H,8,15H2,1-4H3. The molecule has 1 amide bonds. The van der Waals surface area contributed by atoms with Crippen molar-refractivity contribution in [1.82, 2.24) is 4.90 Å². The fraction of sp³-hybridized carbons (Fsp3) is 0.429. The number of amides is 1. The van der Waals surface area contributed by atoms with E-state index in [1.54, 1.807) is 32.2 Å². The van der Waals surface area contributed by atoms with Gasteiger partial charge in [-0.1, -0.05) is 12.1 Å². The van der Waals surface area contributed by atoms with Crippen molar-refractivity contribution in [2.24, 2.45) is 0 Å². The lowest BCUT2D eigenvalue weighted by Gasteiger charge is -2.21. The first-order valence-electron chi connectivity index (χ1n) is 6.12. The van der Waals surface area contributed by atoms with Crippen LogP contribution in [0.5, 0.6) is 0 Å². The molecule has 1 rings (SSSR count). The van der Waals surface area contributed by atoms with Gasteiger partial charge in [0.15, 0.2) is 6.61 Å². The Balaban J connectivity index is 2.69. The van der Waals surface area contributed by atoms with Gasteiger partial charge in [0.25, 0.3) is 5.91 Å². The molecule has 0 radical (unpaired) electrons. The summed E-state index contributed by atoms with van der Waals surface area (Å²) in [6.45, 7) is 5.27. The Morgan fingerprint density at radius 1 is 1.37 bits per heavy atom. The lowest BCUT2D eigenvalue weighted by molar-refractivity contribution is -0.134. The van der Waals surface area contributed by atoms with Crippen molar-refractivity contribution in [3.63, 3.8) is 0 Å². The van der Waals surface area contributed by atoms with Gasteiger partial charge in [-0.05, 0) is 32.4 Å². The van der Waals surface area contributed by atoms with Crippen LogP contribution in [0.25, 0.3) is 0 Å². The minimum absolute atomic E-state index is 0.0646. The first-order valence-corrected chi connectivity index (χ1v) is 6.12. The molecule has 0 saturated carbocycles. The van der Waals surface area contributed by atoms with Crippen molar-refractivity contribution in [2.75, 3.05) is 19.4 Å². The van der Waals surface area contributed by atoms with Crippen LogP contribution in [0, 0.1) is 6.92 Å². The molecule has 0 fully saturated rings. The Bertz CT molecular complexity index is 463. The van der Waals surface area contributed by atoms with E-state index in [1.807, 2.05) is 13.8 Å². The number of rotatable bonds is 4. The average molecular weight is 264 g/mol. The molecular formula is C14H20N2O3. The number of carbonyl (C=O) groups is 2. The second-order valence-corrected chi connectivity index (χ2v) is 4.71. The van der Waals surface area contributed by atoms with Crippen LogP contribution in [-0.2, 0) is 9.53 Å². The Labute approximate surface area is 113 Å². The summed E-state index contributed by atoms with van der Waals surface area (Å²) in [4.78, 5) is 25.1. The van der Waals surface area contributed by atoms with Crippen LogP contribution in [-0.4, -0.2) is 36.5 Å². The largest absolute Gasteiger partial charge is 0.452 e. The van der Waals surface area contributed by atoms with Gasteiger partial charge in [-0.25, -0.2) is 4.79 Å². The van der Waals surface area contributed by atoms with Gasteiger partial charge >= 0.3 is 5.97 Å². The molecule has 19 heavy (non-hydrogen) atoms. The summed E-state index contributed by atoms with van der Waals surface area (Å²) in [6, 6.07) is 5.23. The van der Waals surface area contributed by atoms with Crippen LogP contribution in [0.2, 0.25) is 0 Å². The molecule has 0 aromatic heterocycles. The van der Waals surface area contributed by atoms with Crippen molar-refractivity contribution >= 4 is 17.6 Å². The number of likely N-dealkylation sites (N-methyl/N-ethyl adjacent to an activating group) is 1. The molecule has 0 saturated heterocycles. The number of ether oxygens (including phenoxy) is 1. The fourth-order valence-electron chi connectivity index (χ4n) is 1.56. The summed E-state index contributed by atoms with van der Waals surface area (Å²) in [5, 5.41) is 0. The predicted molar refractivity (Wildman–Crippen MR) is 73.8 cm³/mol. The molecule has 0 spiro atoms. The van der Waals surface area contributed by atoms with Gasteiger partial charge in [0.05, 0.1) is 5.56 Å². The normalized spacial score (nSPS) is 10.4. The fourth-order valence-corrected chi connectivity index (χ4v) is 1.56. The highest BCUT2D eigenvalue weighted by molar-refractivity contribution is 5.97. The third-order valence-corrected chi connectivity index (χ3v) is 3.00. The molecular weight excluding hydrogens is 244 g/mol. The minimum Gasteiger partial charge on any atom is -0.452 e. The molecule has 0 aliphatic carbocycles. The van der Waals surface area contributed by atoms with Crippen LogP contribution in [0.3, 0.4) is 0 Å².